The van der Waals surface area contributed by atoms with Crippen LogP contribution in [0.4, 0.5) is 0 Å². The zero-order chi connectivity index (χ0) is 23.0. The third kappa shape index (κ3) is 5.36. The molecule has 0 aromatic heterocycles. The van der Waals surface area contributed by atoms with Crippen LogP contribution in [0.25, 0.3) is 0 Å². The van der Waals surface area contributed by atoms with E-state index in [1.165, 1.54) is 11.1 Å². The van der Waals surface area contributed by atoms with Gasteiger partial charge in [0, 0.05) is 17.9 Å². The van der Waals surface area contributed by atoms with Crippen LogP contribution in [0.15, 0.2) is 65.8 Å². The summed E-state index contributed by atoms with van der Waals surface area (Å²) in [7, 11) is 1.69. The van der Waals surface area contributed by atoms with Gasteiger partial charge in [0.05, 0.1) is 19.2 Å². The zero-order valence-corrected chi connectivity index (χ0v) is 19.5. The molecule has 3 heteroatoms. The van der Waals surface area contributed by atoms with Crippen molar-refractivity contribution in [1.82, 2.24) is 0 Å². The molecule has 0 saturated heterocycles. The van der Waals surface area contributed by atoms with Crippen molar-refractivity contribution in [2.24, 2.45) is 11.3 Å². The minimum absolute atomic E-state index is 0.00147. The summed E-state index contributed by atoms with van der Waals surface area (Å²) in [4.78, 5) is 0. The number of hydrogen-bond acceptors (Lipinski definition) is 3. The van der Waals surface area contributed by atoms with E-state index in [0.29, 0.717) is 6.42 Å². The Hall–Kier alpha value is -3.04. The summed E-state index contributed by atoms with van der Waals surface area (Å²) in [6, 6.07) is 10.9. The highest BCUT2D eigenvalue weighted by molar-refractivity contribution is 5.46. The van der Waals surface area contributed by atoms with Crippen LogP contribution in [0, 0.1) is 40.9 Å². The Balaban J connectivity index is 2.72. The molecule has 0 fully saturated rings. The van der Waals surface area contributed by atoms with Gasteiger partial charge >= 0.3 is 0 Å². The first-order valence-corrected chi connectivity index (χ1v) is 10.9. The Morgan fingerprint density at radius 3 is 2.58 bits per heavy atom. The first-order valence-electron chi connectivity index (χ1n) is 10.9. The highest BCUT2D eigenvalue weighted by Gasteiger charge is 2.41. The molecule has 2 rings (SSSR count). The van der Waals surface area contributed by atoms with Gasteiger partial charge in [-0.3, -0.25) is 0 Å². The number of ether oxygens (including phenoxy) is 1. The number of benzene rings is 1. The third-order valence-corrected chi connectivity index (χ3v) is 6.33. The first kappa shape index (κ1) is 24.2. The van der Waals surface area contributed by atoms with Crippen molar-refractivity contribution in [2.75, 3.05) is 7.11 Å². The molecule has 2 unspecified atom stereocenters. The molecule has 1 aromatic rings. The van der Waals surface area contributed by atoms with E-state index < -0.39 is 5.41 Å². The standard InChI is InChI=1S/C28H34N2O/c1-7-16-28(18-29,19-30)26-11-9-8-10-24(26)23(14-13-22(5)20(2)3)25-17-21(4)12-15-27(25)31-6/h7,11-15,17,23-24H,1,8-10,16H2,2-6H3/b14-13+. The van der Waals surface area contributed by atoms with Crippen LogP contribution in [-0.4, -0.2) is 7.11 Å². The number of rotatable bonds is 8. The van der Waals surface area contributed by atoms with Crippen LogP contribution in [-0.2, 0) is 0 Å². The van der Waals surface area contributed by atoms with Crippen LogP contribution < -0.4 is 4.74 Å². The summed E-state index contributed by atoms with van der Waals surface area (Å²) >= 11 is 0. The number of allylic oxidation sites excluding steroid dienone is 7. The molecule has 1 aromatic carbocycles. The largest absolute Gasteiger partial charge is 0.496 e. The van der Waals surface area contributed by atoms with E-state index in [1.54, 1.807) is 13.2 Å². The van der Waals surface area contributed by atoms with Crippen molar-refractivity contribution in [3.8, 4) is 17.9 Å². The topological polar surface area (TPSA) is 56.8 Å². The minimum atomic E-state index is -1.18. The van der Waals surface area contributed by atoms with E-state index in [2.05, 4.69) is 76.8 Å². The molecule has 0 N–H and O–H groups in total. The summed E-state index contributed by atoms with van der Waals surface area (Å²) < 4.78 is 5.74. The van der Waals surface area contributed by atoms with Crippen LogP contribution in [0.3, 0.4) is 0 Å². The van der Waals surface area contributed by atoms with Crippen molar-refractivity contribution >= 4 is 0 Å². The van der Waals surface area contributed by atoms with E-state index in [0.717, 1.165) is 41.7 Å². The summed E-state index contributed by atoms with van der Waals surface area (Å²) in [5, 5.41) is 20.1. The SMILES string of the molecule is C=CCC(C#N)(C#N)C1=CCCCC1C(/C=C/C(C)=C(C)C)c1cc(C)ccc1OC. The van der Waals surface area contributed by atoms with Gasteiger partial charge in [-0.2, -0.15) is 10.5 Å². The lowest BCUT2D eigenvalue weighted by Gasteiger charge is -2.36. The number of nitrogens with zero attached hydrogens (tertiary/aromatic N) is 2. The number of hydrogen-bond donors (Lipinski definition) is 0. The lowest BCUT2D eigenvalue weighted by atomic mass is 9.65. The Kier molecular flexibility index (Phi) is 8.47. The minimum Gasteiger partial charge on any atom is -0.496 e. The molecular formula is C28H34N2O. The first-order chi connectivity index (χ1) is 14.8. The Labute approximate surface area is 188 Å². The lowest BCUT2D eigenvalue weighted by Crippen LogP contribution is -2.29. The van der Waals surface area contributed by atoms with E-state index >= 15 is 0 Å². The van der Waals surface area contributed by atoms with Gasteiger partial charge in [-0.1, -0.05) is 53.1 Å². The summed E-state index contributed by atoms with van der Waals surface area (Å²) in [5.74, 6) is 0.884. The monoisotopic (exact) mass is 414 g/mol. The quantitative estimate of drug-likeness (QED) is 0.330. The number of nitriles is 2. The number of aryl methyl sites for hydroxylation is 1. The van der Waals surface area contributed by atoms with Crippen LogP contribution in [0.2, 0.25) is 0 Å². The van der Waals surface area contributed by atoms with Crippen molar-refractivity contribution in [1.29, 1.82) is 10.5 Å². The van der Waals surface area contributed by atoms with Crippen molar-refractivity contribution in [3.63, 3.8) is 0 Å². The molecule has 1 aliphatic rings. The van der Waals surface area contributed by atoms with Gasteiger partial charge in [-0.05, 0) is 64.5 Å². The van der Waals surface area contributed by atoms with E-state index in [4.69, 9.17) is 4.74 Å². The molecule has 1 aliphatic carbocycles. The molecule has 0 saturated carbocycles. The zero-order valence-electron chi connectivity index (χ0n) is 19.5. The van der Waals surface area contributed by atoms with Crippen molar-refractivity contribution in [3.05, 3.63) is 76.9 Å². The fourth-order valence-electron chi connectivity index (χ4n) is 4.33. The van der Waals surface area contributed by atoms with Crippen molar-refractivity contribution in [2.45, 2.75) is 59.3 Å². The van der Waals surface area contributed by atoms with E-state index in [1.807, 2.05) is 6.07 Å². The van der Waals surface area contributed by atoms with E-state index in [9.17, 15) is 10.5 Å². The smallest absolute Gasteiger partial charge is 0.168 e. The maximum Gasteiger partial charge on any atom is 0.168 e. The molecule has 2 atom stereocenters. The molecule has 31 heavy (non-hydrogen) atoms. The normalized spacial score (nSPS) is 17.3. The highest BCUT2D eigenvalue weighted by Crippen LogP contribution is 2.48. The molecule has 0 amide bonds. The molecule has 0 radical (unpaired) electrons. The predicted molar refractivity (Wildman–Crippen MR) is 128 cm³/mol. The van der Waals surface area contributed by atoms with Gasteiger partial charge in [0.2, 0.25) is 0 Å². The molecule has 0 heterocycles. The van der Waals surface area contributed by atoms with Gasteiger partial charge in [0.15, 0.2) is 5.41 Å². The highest BCUT2D eigenvalue weighted by atomic mass is 16.5. The van der Waals surface area contributed by atoms with Crippen LogP contribution >= 0.6 is 0 Å². The van der Waals surface area contributed by atoms with Gasteiger partial charge in [-0.15, -0.1) is 6.58 Å². The molecule has 162 valence electrons. The Bertz CT molecular complexity index is 963. The van der Waals surface area contributed by atoms with Crippen LogP contribution in [0.5, 0.6) is 5.75 Å². The van der Waals surface area contributed by atoms with E-state index in [-0.39, 0.29) is 11.8 Å². The van der Waals surface area contributed by atoms with Gasteiger partial charge < -0.3 is 4.74 Å². The maximum absolute atomic E-state index is 10.1. The third-order valence-electron chi connectivity index (χ3n) is 6.33. The second kappa shape index (κ2) is 10.8. The molecular weight excluding hydrogens is 380 g/mol. The molecule has 0 aliphatic heterocycles. The summed E-state index contributed by atoms with van der Waals surface area (Å²) in [6.07, 6.45) is 11.4. The molecule has 0 bridgehead atoms. The van der Waals surface area contributed by atoms with Gasteiger partial charge in [-0.25, -0.2) is 0 Å². The average Bonchev–Trinajstić information content (AvgIpc) is 2.78. The number of methoxy groups -OCH3 is 1. The van der Waals surface area contributed by atoms with Gasteiger partial charge in [0.25, 0.3) is 0 Å². The lowest BCUT2D eigenvalue weighted by molar-refractivity contribution is 0.379. The second-order valence-electron chi connectivity index (χ2n) is 8.63. The Morgan fingerprint density at radius 2 is 2.00 bits per heavy atom. The Morgan fingerprint density at radius 1 is 1.29 bits per heavy atom. The second-order valence-corrected chi connectivity index (χ2v) is 8.63. The fourth-order valence-corrected chi connectivity index (χ4v) is 4.33. The molecule has 3 nitrogen and oxygen atoms in total. The van der Waals surface area contributed by atoms with Crippen LogP contribution in [0.1, 0.15) is 63.5 Å². The molecule has 0 spiro atoms. The summed E-state index contributed by atoms with van der Waals surface area (Å²) in [6.45, 7) is 12.2. The predicted octanol–water partition coefficient (Wildman–Crippen LogP) is 7.34. The fraction of sp³-hybridized carbons (Fsp3) is 0.429. The average molecular weight is 415 g/mol. The maximum atomic E-state index is 10.1. The van der Waals surface area contributed by atoms with Gasteiger partial charge in [0.1, 0.15) is 5.75 Å². The summed E-state index contributed by atoms with van der Waals surface area (Å²) in [5.41, 5.74) is 4.49. The van der Waals surface area contributed by atoms with Crippen molar-refractivity contribution < 1.29 is 4.74 Å².